The van der Waals surface area contributed by atoms with Crippen LogP contribution in [-0.2, 0) is 10.0 Å². The molecular formula is C12H18ClNO2S. The third kappa shape index (κ3) is 4.56. The summed E-state index contributed by atoms with van der Waals surface area (Å²) in [4.78, 5) is 0. The maximum Gasteiger partial charge on any atom is 0.233 e. The van der Waals surface area contributed by atoms with Gasteiger partial charge in [0.2, 0.25) is 10.0 Å². The Labute approximate surface area is 108 Å². The minimum atomic E-state index is -3.32. The molecule has 0 aromatic heterocycles. The molecule has 0 bridgehead atoms. The van der Waals surface area contributed by atoms with Crippen molar-refractivity contribution in [2.75, 3.05) is 16.4 Å². The first-order valence-corrected chi connectivity index (χ1v) is 7.66. The molecule has 3 nitrogen and oxygen atoms in total. The minimum absolute atomic E-state index is 0.0455. The van der Waals surface area contributed by atoms with Crippen molar-refractivity contribution in [1.82, 2.24) is 0 Å². The number of nitrogens with one attached hydrogen (secondary N) is 1. The molecule has 1 atom stereocenters. The zero-order valence-corrected chi connectivity index (χ0v) is 11.9. The molecule has 0 saturated heterocycles. The zero-order valence-electron chi connectivity index (χ0n) is 10.3. The van der Waals surface area contributed by atoms with Crippen LogP contribution in [0, 0.1) is 19.8 Å². The molecule has 1 rings (SSSR count). The predicted octanol–water partition coefficient (Wildman–Crippen LogP) is 2.92. The Morgan fingerprint density at radius 3 is 2.53 bits per heavy atom. The fourth-order valence-corrected chi connectivity index (χ4v) is 3.31. The van der Waals surface area contributed by atoms with E-state index >= 15 is 0 Å². The lowest BCUT2D eigenvalue weighted by Crippen LogP contribution is -2.22. The molecule has 0 aliphatic carbocycles. The van der Waals surface area contributed by atoms with Crippen molar-refractivity contribution in [3.8, 4) is 0 Å². The number of benzene rings is 1. The quantitative estimate of drug-likeness (QED) is 0.840. The molecule has 17 heavy (non-hydrogen) atoms. The van der Waals surface area contributed by atoms with Gasteiger partial charge in [0.25, 0.3) is 0 Å². The molecule has 1 unspecified atom stereocenters. The molecule has 0 radical (unpaired) electrons. The summed E-state index contributed by atoms with van der Waals surface area (Å²) >= 11 is 5.62. The number of hydrogen-bond donors (Lipinski definition) is 1. The normalized spacial score (nSPS) is 13.4. The van der Waals surface area contributed by atoms with Gasteiger partial charge in [-0.3, -0.25) is 4.72 Å². The van der Waals surface area contributed by atoms with E-state index in [1.165, 1.54) is 0 Å². The summed E-state index contributed by atoms with van der Waals surface area (Å²) in [6, 6.07) is 5.62. The van der Waals surface area contributed by atoms with E-state index < -0.39 is 10.0 Å². The van der Waals surface area contributed by atoms with Gasteiger partial charge in [-0.15, -0.1) is 11.6 Å². The van der Waals surface area contributed by atoms with E-state index in [9.17, 15) is 8.42 Å². The summed E-state index contributed by atoms with van der Waals surface area (Å²) in [5.41, 5.74) is 2.67. The predicted molar refractivity (Wildman–Crippen MR) is 73.2 cm³/mol. The highest BCUT2D eigenvalue weighted by Crippen LogP contribution is 2.18. The Balaban J connectivity index is 2.83. The van der Waals surface area contributed by atoms with Crippen molar-refractivity contribution in [3.63, 3.8) is 0 Å². The molecule has 1 aromatic carbocycles. The van der Waals surface area contributed by atoms with Gasteiger partial charge < -0.3 is 0 Å². The molecule has 1 aromatic rings. The maximum absolute atomic E-state index is 11.8. The van der Waals surface area contributed by atoms with Crippen LogP contribution in [0.15, 0.2) is 18.2 Å². The van der Waals surface area contributed by atoms with E-state index in [1.54, 1.807) is 6.07 Å². The van der Waals surface area contributed by atoms with Gasteiger partial charge in [-0.05, 0) is 31.4 Å². The highest BCUT2D eigenvalue weighted by Gasteiger charge is 2.15. The first-order chi connectivity index (χ1) is 7.84. The summed E-state index contributed by atoms with van der Waals surface area (Å²) in [6.45, 7) is 5.67. The van der Waals surface area contributed by atoms with Crippen LogP contribution in [0.4, 0.5) is 5.69 Å². The Hall–Kier alpha value is -0.740. The lowest BCUT2D eigenvalue weighted by atomic mass is 10.1. The summed E-state index contributed by atoms with van der Waals surface area (Å²) in [7, 11) is -3.32. The number of aryl methyl sites for hydroxylation is 2. The molecule has 96 valence electrons. The molecule has 0 heterocycles. The second kappa shape index (κ2) is 5.74. The maximum atomic E-state index is 11.8. The minimum Gasteiger partial charge on any atom is -0.283 e. The molecule has 1 N–H and O–H groups in total. The van der Waals surface area contributed by atoms with Gasteiger partial charge in [-0.2, -0.15) is 0 Å². The average Bonchev–Trinajstić information content (AvgIpc) is 2.21. The number of alkyl halides is 1. The van der Waals surface area contributed by atoms with Gasteiger partial charge >= 0.3 is 0 Å². The Bertz CT molecular complexity index is 485. The van der Waals surface area contributed by atoms with Gasteiger partial charge in [0.15, 0.2) is 0 Å². The van der Waals surface area contributed by atoms with Gasteiger partial charge in [0, 0.05) is 5.88 Å². The summed E-state index contributed by atoms with van der Waals surface area (Å²) in [6.07, 6.45) is 0. The van der Waals surface area contributed by atoms with Gasteiger partial charge in [0.05, 0.1) is 11.4 Å². The van der Waals surface area contributed by atoms with Crippen molar-refractivity contribution >= 4 is 27.3 Å². The van der Waals surface area contributed by atoms with Crippen LogP contribution >= 0.6 is 11.6 Å². The zero-order chi connectivity index (χ0) is 13.1. The monoisotopic (exact) mass is 275 g/mol. The lowest BCUT2D eigenvalue weighted by molar-refractivity contribution is 0.588. The Morgan fingerprint density at radius 1 is 1.35 bits per heavy atom. The van der Waals surface area contributed by atoms with E-state index in [0.717, 1.165) is 11.1 Å². The summed E-state index contributed by atoms with van der Waals surface area (Å²) < 4.78 is 26.3. The highest BCUT2D eigenvalue weighted by molar-refractivity contribution is 7.92. The third-order valence-corrected chi connectivity index (χ3v) is 4.48. The van der Waals surface area contributed by atoms with Gasteiger partial charge in [0.1, 0.15) is 0 Å². The first kappa shape index (κ1) is 14.3. The smallest absolute Gasteiger partial charge is 0.233 e. The lowest BCUT2D eigenvalue weighted by Gasteiger charge is -2.13. The topological polar surface area (TPSA) is 46.2 Å². The highest BCUT2D eigenvalue weighted by atomic mass is 35.5. The van der Waals surface area contributed by atoms with E-state index in [4.69, 9.17) is 11.6 Å². The van der Waals surface area contributed by atoms with Gasteiger partial charge in [-0.1, -0.05) is 24.6 Å². The number of hydrogen-bond acceptors (Lipinski definition) is 2. The second-order valence-corrected chi connectivity index (χ2v) is 6.54. The van der Waals surface area contributed by atoms with Gasteiger partial charge in [-0.25, -0.2) is 8.42 Å². The Kier molecular flexibility index (Phi) is 4.83. The first-order valence-electron chi connectivity index (χ1n) is 5.48. The fourth-order valence-electron chi connectivity index (χ4n) is 1.56. The van der Waals surface area contributed by atoms with Crippen LogP contribution in [-0.4, -0.2) is 20.1 Å². The standard InChI is InChI=1S/C12H18ClNO2S/c1-9-4-5-12(11(3)6-9)14-17(15,16)8-10(2)7-13/h4-6,10,14H,7-8H2,1-3H3. The van der Waals surface area contributed by atoms with Crippen LogP contribution in [0.25, 0.3) is 0 Å². The summed E-state index contributed by atoms with van der Waals surface area (Å²) in [5, 5.41) is 0. The molecule has 0 amide bonds. The van der Waals surface area contributed by atoms with Crippen molar-refractivity contribution in [2.45, 2.75) is 20.8 Å². The molecular weight excluding hydrogens is 258 g/mol. The van der Waals surface area contributed by atoms with Crippen LogP contribution in [0.3, 0.4) is 0 Å². The molecule has 0 fully saturated rings. The van der Waals surface area contributed by atoms with E-state index in [1.807, 2.05) is 32.9 Å². The van der Waals surface area contributed by atoms with Crippen LogP contribution in [0.1, 0.15) is 18.1 Å². The molecule has 0 aliphatic rings. The molecule has 0 saturated carbocycles. The van der Waals surface area contributed by atoms with Crippen LogP contribution in [0.5, 0.6) is 0 Å². The van der Waals surface area contributed by atoms with E-state index in [0.29, 0.717) is 11.6 Å². The summed E-state index contributed by atoms with van der Waals surface area (Å²) in [5.74, 6) is 0.331. The number of anilines is 1. The molecule has 0 spiro atoms. The SMILES string of the molecule is Cc1ccc(NS(=O)(=O)CC(C)CCl)c(C)c1. The Morgan fingerprint density at radius 2 is 2.00 bits per heavy atom. The van der Waals surface area contributed by atoms with Crippen LogP contribution < -0.4 is 4.72 Å². The fraction of sp³-hybridized carbons (Fsp3) is 0.500. The van der Waals surface area contributed by atoms with Crippen molar-refractivity contribution in [3.05, 3.63) is 29.3 Å². The second-order valence-electron chi connectivity index (χ2n) is 4.46. The van der Waals surface area contributed by atoms with Crippen molar-refractivity contribution in [2.24, 2.45) is 5.92 Å². The number of sulfonamides is 1. The molecule has 5 heteroatoms. The van der Waals surface area contributed by atoms with Crippen molar-refractivity contribution in [1.29, 1.82) is 0 Å². The third-order valence-electron chi connectivity index (χ3n) is 2.41. The number of halogens is 1. The van der Waals surface area contributed by atoms with Crippen molar-refractivity contribution < 1.29 is 8.42 Å². The largest absolute Gasteiger partial charge is 0.283 e. The van der Waals surface area contributed by atoms with E-state index in [2.05, 4.69) is 4.72 Å². The number of rotatable bonds is 5. The average molecular weight is 276 g/mol. The van der Waals surface area contributed by atoms with Crippen LogP contribution in [0.2, 0.25) is 0 Å². The molecule has 0 aliphatic heterocycles. The van der Waals surface area contributed by atoms with E-state index in [-0.39, 0.29) is 11.7 Å².